The standard InChI is InChI=1S/C12H28N2O3S/c1-4-7-13-9-11-18(15,16)14-8-5-6-10-17-12(2)3/h12-14H,4-11H2,1-3H3. The molecule has 0 aromatic rings. The third-order valence-electron chi connectivity index (χ3n) is 2.32. The molecule has 0 aliphatic carbocycles. The lowest BCUT2D eigenvalue weighted by Crippen LogP contribution is -2.32. The average Bonchev–Trinajstić information content (AvgIpc) is 2.29. The van der Waals surface area contributed by atoms with Crippen molar-refractivity contribution in [1.29, 1.82) is 0 Å². The number of sulfonamides is 1. The van der Waals surface area contributed by atoms with E-state index in [1.54, 1.807) is 0 Å². The quantitative estimate of drug-likeness (QED) is 0.526. The topological polar surface area (TPSA) is 67.4 Å². The minimum Gasteiger partial charge on any atom is -0.379 e. The van der Waals surface area contributed by atoms with Crippen LogP contribution in [0.3, 0.4) is 0 Å². The number of rotatable bonds is 12. The summed E-state index contributed by atoms with van der Waals surface area (Å²) in [5.41, 5.74) is 0. The van der Waals surface area contributed by atoms with Gasteiger partial charge in [-0.2, -0.15) is 0 Å². The zero-order valence-corrected chi connectivity index (χ0v) is 12.7. The fourth-order valence-corrected chi connectivity index (χ4v) is 2.37. The highest BCUT2D eigenvalue weighted by Gasteiger charge is 2.08. The minimum atomic E-state index is -3.12. The van der Waals surface area contributed by atoms with Gasteiger partial charge in [-0.05, 0) is 39.7 Å². The Morgan fingerprint density at radius 3 is 2.44 bits per heavy atom. The van der Waals surface area contributed by atoms with E-state index in [0.717, 1.165) is 25.8 Å². The third-order valence-corrected chi connectivity index (χ3v) is 3.70. The summed E-state index contributed by atoms with van der Waals surface area (Å²) >= 11 is 0. The van der Waals surface area contributed by atoms with Gasteiger partial charge in [0, 0.05) is 19.7 Å². The Morgan fingerprint density at radius 1 is 1.11 bits per heavy atom. The molecular formula is C12H28N2O3S. The monoisotopic (exact) mass is 280 g/mol. The minimum absolute atomic E-state index is 0.148. The fraction of sp³-hybridized carbons (Fsp3) is 1.00. The molecule has 0 atom stereocenters. The summed E-state index contributed by atoms with van der Waals surface area (Å²) in [6, 6.07) is 0. The molecule has 0 amide bonds. The van der Waals surface area contributed by atoms with Crippen LogP contribution in [0.15, 0.2) is 0 Å². The van der Waals surface area contributed by atoms with E-state index in [2.05, 4.69) is 17.0 Å². The Balaban J connectivity index is 3.47. The van der Waals surface area contributed by atoms with Gasteiger partial charge in [-0.1, -0.05) is 6.92 Å². The summed E-state index contributed by atoms with van der Waals surface area (Å²) < 4.78 is 31.1. The summed E-state index contributed by atoms with van der Waals surface area (Å²) in [6.45, 7) is 8.60. The maximum Gasteiger partial charge on any atom is 0.212 e. The second-order valence-electron chi connectivity index (χ2n) is 4.59. The van der Waals surface area contributed by atoms with Crippen LogP contribution in [0.25, 0.3) is 0 Å². The van der Waals surface area contributed by atoms with Gasteiger partial charge in [0.1, 0.15) is 0 Å². The molecule has 0 aromatic heterocycles. The first-order valence-electron chi connectivity index (χ1n) is 6.77. The van der Waals surface area contributed by atoms with Crippen molar-refractivity contribution in [3.63, 3.8) is 0 Å². The van der Waals surface area contributed by atoms with Crippen LogP contribution in [0.1, 0.15) is 40.0 Å². The Hall–Kier alpha value is -0.170. The molecule has 0 aromatic carbocycles. The van der Waals surface area contributed by atoms with Crippen LogP contribution in [-0.4, -0.2) is 46.5 Å². The second kappa shape index (κ2) is 10.7. The van der Waals surface area contributed by atoms with Crippen LogP contribution in [0.5, 0.6) is 0 Å². The van der Waals surface area contributed by atoms with Gasteiger partial charge in [-0.3, -0.25) is 0 Å². The highest BCUT2D eigenvalue weighted by Crippen LogP contribution is 1.94. The molecule has 0 rings (SSSR count). The summed E-state index contributed by atoms with van der Waals surface area (Å²) in [5.74, 6) is 0.148. The number of hydrogen-bond donors (Lipinski definition) is 2. The van der Waals surface area contributed by atoms with E-state index in [9.17, 15) is 8.42 Å². The zero-order valence-electron chi connectivity index (χ0n) is 11.9. The SMILES string of the molecule is CCCNCCS(=O)(=O)NCCCCOC(C)C. The van der Waals surface area contributed by atoms with Gasteiger partial charge in [0.25, 0.3) is 0 Å². The number of ether oxygens (including phenoxy) is 1. The predicted molar refractivity (Wildman–Crippen MR) is 75.3 cm³/mol. The van der Waals surface area contributed by atoms with E-state index in [1.165, 1.54) is 0 Å². The molecule has 0 spiro atoms. The smallest absolute Gasteiger partial charge is 0.212 e. The van der Waals surface area contributed by atoms with Crippen LogP contribution >= 0.6 is 0 Å². The molecule has 6 heteroatoms. The molecule has 0 aliphatic rings. The maximum atomic E-state index is 11.6. The van der Waals surface area contributed by atoms with Crippen molar-refractivity contribution in [3.8, 4) is 0 Å². The van der Waals surface area contributed by atoms with Crippen molar-refractivity contribution in [3.05, 3.63) is 0 Å². The van der Waals surface area contributed by atoms with E-state index in [1.807, 2.05) is 13.8 Å². The van der Waals surface area contributed by atoms with E-state index in [-0.39, 0.29) is 11.9 Å². The highest BCUT2D eigenvalue weighted by molar-refractivity contribution is 7.89. The van der Waals surface area contributed by atoms with E-state index >= 15 is 0 Å². The van der Waals surface area contributed by atoms with Gasteiger partial charge in [0.2, 0.25) is 10.0 Å². The van der Waals surface area contributed by atoms with Crippen molar-refractivity contribution in [2.75, 3.05) is 32.0 Å². The number of unbranched alkanes of at least 4 members (excludes halogenated alkanes) is 1. The molecule has 18 heavy (non-hydrogen) atoms. The van der Waals surface area contributed by atoms with E-state index < -0.39 is 10.0 Å². The van der Waals surface area contributed by atoms with Crippen molar-refractivity contribution in [2.45, 2.75) is 46.1 Å². The maximum absolute atomic E-state index is 11.6. The lowest BCUT2D eigenvalue weighted by molar-refractivity contribution is 0.0762. The highest BCUT2D eigenvalue weighted by atomic mass is 32.2. The number of hydrogen-bond acceptors (Lipinski definition) is 4. The second-order valence-corrected chi connectivity index (χ2v) is 6.52. The summed E-state index contributed by atoms with van der Waals surface area (Å²) in [6.07, 6.45) is 2.96. The molecule has 0 unspecified atom stereocenters. The van der Waals surface area contributed by atoms with Crippen LogP contribution in [0.2, 0.25) is 0 Å². The van der Waals surface area contributed by atoms with Crippen molar-refractivity contribution in [1.82, 2.24) is 10.0 Å². The van der Waals surface area contributed by atoms with Crippen molar-refractivity contribution in [2.24, 2.45) is 0 Å². The molecule has 110 valence electrons. The first-order chi connectivity index (χ1) is 8.48. The number of nitrogens with one attached hydrogen (secondary N) is 2. The average molecular weight is 280 g/mol. The predicted octanol–water partition coefficient (Wildman–Crippen LogP) is 1.11. The molecule has 0 heterocycles. The molecular weight excluding hydrogens is 252 g/mol. The summed E-state index contributed by atoms with van der Waals surface area (Å²) in [5, 5.41) is 3.08. The Morgan fingerprint density at radius 2 is 1.83 bits per heavy atom. The molecule has 2 N–H and O–H groups in total. The molecule has 0 saturated carbocycles. The first-order valence-corrected chi connectivity index (χ1v) is 8.43. The van der Waals surface area contributed by atoms with Gasteiger partial charge in [-0.15, -0.1) is 0 Å². The van der Waals surface area contributed by atoms with Crippen molar-refractivity contribution < 1.29 is 13.2 Å². The van der Waals surface area contributed by atoms with Gasteiger partial charge >= 0.3 is 0 Å². The van der Waals surface area contributed by atoms with Crippen LogP contribution < -0.4 is 10.0 Å². The fourth-order valence-electron chi connectivity index (χ4n) is 1.35. The Labute approximate surface area is 112 Å². The van der Waals surface area contributed by atoms with Crippen LogP contribution in [-0.2, 0) is 14.8 Å². The Kier molecular flexibility index (Phi) is 10.6. The first kappa shape index (κ1) is 17.8. The molecule has 0 saturated heterocycles. The normalized spacial score (nSPS) is 12.2. The van der Waals surface area contributed by atoms with Crippen molar-refractivity contribution >= 4 is 10.0 Å². The van der Waals surface area contributed by atoms with Gasteiger partial charge in [0.15, 0.2) is 0 Å². The van der Waals surface area contributed by atoms with Crippen LogP contribution in [0.4, 0.5) is 0 Å². The van der Waals surface area contributed by atoms with E-state index in [0.29, 0.717) is 19.7 Å². The van der Waals surface area contributed by atoms with E-state index in [4.69, 9.17) is 4.74 Å². The zero-order chi connectivity index (χ0) is 13.9. The molecule has 5 nitrogen and oxygen atoms in total. The summed E-state index contributed by atoms with van der Waals surface area (Å²) in [7, 11) is -3.12. The van der Waals surface area contributed by atoms with Gasteiger partial charge in [-0.25, -0.2) is 13.1 Å². The largest absolute Gasteiger partial charge is 0.379 e. The Bertz CT molecular complexity index is 279. The summed E-state index contributed by atoms with van der Waals surface area (Å²) in [4.78, 5) is 0. The van der Waals surface area contributed by atoms with Gasteiger partial charge < -0.3 is 10.1 Å². The third kappa shape index (κ3) is 12.3. The molecule has 0 bridgehead atoms. The van der Waals surface area contributed by atoms with Gasteiger partial charge in [0.05, 0.1) is 11.9 Å². The lowest BCUT2D eigenvalue weighted by Gasteiger charge is -2.09. The molecule has 0 radical (unpaired) electrons. The van der Waals surface area contributed by atoms with Crippen LogP contribution in [0, 0.1) is 0 Å². The molecule has 0 aliphatic heterocycles. The lowest BCUT2D eigenvalue weighted by atomic mass is 10.3. The molecule has 0 fully saturated rings.